The number of methoxy groups -OCH3 is 1. The molecule has 3 rings (SSSR count). The number of barbiturate groups is 1. The molecule has 164 valence electrons. The number of carbonyl (C=O) groups is 3. The minimum absolute atomic E-state index is 0.212. The van der Waals surface area contributed by atoms with Gasteiger partial charge in [-0.05, 0) is 48.4 Å². The summed E-state index contributed by atoms with van der Waals surface area (Å²) in [6.45, 7) is 7.68. The van der Waals surface area contributed by atoms with E-state index >= 15 is 0 Å². The summed E-state index contributed by atoms with van der Waals surface area (Å²) in [5, 5.41) is 2.54. The molecule has 2 aromatic rings. The van der Waals surface area contributed by atoms with Crippen LogP contribution in [-0.4, -0.2) is 31.6 Å². The predicted octanol–water partition coefficient (Wildman–Crippen LogP) is 4.31. The Hall–Kier alpha value is -3.84. The van der Waals surface area contributed by atoms with Crippen molar-refractivity contribution in [3.05, 3.63) is 83.4 Å². The van der Waals surface area contributed by atoms with Crippen molar-refractivity contribution in [2.75, 3.05) is 18.6 Å². The zero-order chi connectivity index (χ0) is 23.3. The fourth-order valence-electron chi connectivity index (χ4n) is 3.21. The number of benzene rings is 2. The minimum atomic E-state index is -0.850. The number of carbonyl (C=O) groups excluding carboxylic acids is 3. The third kappa shape index (κ3) is 4.73. The fourth-order valence-corrected chi connectivity index (χ4v) is 3.39. The van der Waals surface area contributed by atoms with Crippen LogP contribution in [0.4, 0.5) is 10.5 Å². The highest BCUT2D eigenvalue weighted by atomic mass is 35.5. The van der Waals surface area contributed by atoms with E-state index < -0.39 is 17.8 Å². The maximum Gasteiger partial charge on any atom is 0.335 e. The molecule has 0 spiro atoms. The average Bonchev–Trinajstić information content (AvgIpc) is 2.75. The van der Waals surface area contributed by atoms with Crippen LogP contribution in [0.1, 0.15) is 11.1 Å². The summed E-state index contributed by atoms with van der Waals surface area (Å²) in [4.78, 5) is 38.8. The highest BCUT2D eigenvalue weighted by molar-refractivity contribution is 6.39. The van der Waals surface area contributed by atoms with Crippen LogP contribution in [0.3, 0.4) is 0 Å². The Balaban J connectivity index is 2.07. The number of rotatable bonds is 8. The monoisotopic (exact) mass is 452 g/mol. The Labute approximate surface area is 190 Å². The summed E-state index contributed by atoms with van der Waals surface area (Å²) in [7, 11) is 1.49. The maximum absolute atomic E-state index is 13.1. The van der Waals surface area contributed by atoms with Gasteiger partial charge in [0.15, 0.2) is 11.5 Å². The molecule has 4 amide bonds. The maximum atomic E-state index is 13.1. The Morgan fingerprint density at radius 3 is 2.56 bits per heavy atom. The number of urea groups is 1. The molecule has 0 aromatic heterocycles. The largest absolute Gasteiger partial charge is 0.493 e. The summed E-state index contributed by atoms with van der Waals surface area (Å²) in [5.74, 6) is -0.624. The van der Waals surface area contributed by atoms with Crippen LogP contribution in [0, 0.1) is 0 Å². The van der Waals surface area contributed by atoms with Gasteiger partial charge < -0.3 is 9.47 Å². The summed E-state index contributed by atoms with van der Waals surface area (Å²) in [6, 6.07) is 8.78. The van der Waals surface area contributed by atoms with Crippen LogP contribution in [0.25, 0.3) is 6.08 Å². The lowest BCUT2D eigenvalue weighted by atomic mass is 10.0. The van der Waals surface area contributed by atoms with E-state index in [-0.39, 0.29) is 17.9 Å². The van der Waals surface area contributed by atoms with Gasteiger partial charge in [0.25, 0.3) is 11.8 Å². The molecule has 1 saturated heterocycles. The molecule has 32 heavy (non-hydrogen) atoms. The van der Waals surface area contributed by atoms with Gasteiger partial charge in [-0.1, -0.05) is 36.4 Å². The zero-order valence-corrected chi connectivity index (χ0v) is 18.1. The van der Waals surface area contributed by atoms with Gasteiger partial charge in [0, 0.05) is 10.6 Å². The molecule has 8 heteroatoms. The first kappa shape index (κ1) is 22.8. The summed E-state index contributed by atoms with van der Waals surface area (Å²) in [6.07, 6.45) is 5.17. The van der Waals surface area contributed by atoms with E-state index in [1.54, 1.807) is 42.5 Å². The van der Waals surface area contributed by atoms with E-state index in [4.69, 9.17) is 21.1 Å². The number of ether oxygens (including phenoxy) is 2. The standard InChI is InChI=1S/C24H21ClN2O5/c1-4-7-16-11-15(13-20(31-3)21(16)32-10-5-2)12-19-22(28)26-24(30)27(23(19)29)18-9-6-8-17(25)14-18/h4-6,8-9,11-14H,1-2,7,10H2,3H3,(H,26,28,30)/b19-12+. The molecule has 0 aliphatic carbocycles. The molecular formula is C24H21ClN2O5. The van der Waals surface area contributed by atoms with Crippen molar-refractivity contribution in [3.8, 4) is 11.5 Å². The lowest BCUT2D eigenvalue weighted by Crippen LogP contribution is -2.54. The van der Waals surface area contributed by atoms with Crippen LogP contribution in [-0.2, 0) is 16.0 Å². The second-order valence-electron chi connectivity index (χ2n) is 6.74. The second-order valence-corrected chi connectivity index (χ2v) is 7.18. The van der Waals surface area contributed by atoms with Crippen LogP contribution < -0.4 is 19.7 Å². The molecule has 0 unspecified atom stereocenters. The fraction of sp³-hybridized carbons (Fsp3) is 0.125. The number of allylic oxidation sites excluding steroid dienone is 1. The third-order valence-electron chi connectivity index (χ3n) is 4.56. The van der Waals surface area contributed by atoms with Crippen molar-refractivity contribution in [1.29, 1.82) is 0 Å². The van der Waals surface area contributed by atoms with E-state index in [2.05, 4.69) is 18.5 Å². The van der Waals surface area contributed by atoms with E-state index in [0.29, 0.717) is 28.5 Å². The minimum Gasteiger partial charge on any atom is -0.493 e. The highest BCUT2D eigenvalue weighted by Crippen LogP contribution is 2.35. The first-order valence-corrected chi connectivity index (χ1v) is 10.00. The van der Waals surface area contributed by atoms with Crippen molar-refractivity contribution >= 4 is 41.2 Å². The van der Waals surface area contributed by atoms with Crippen LogP contribution >= 0.6 is 11.6 Å². The van der Waals surface area contributed by atoms with Crippen LogP contribution in [0.15, 0.2) is 67.3 Å². The van der Waals surface area contributed by atoms with E-state index in [1.165, 1.54) is 19.3 Å². The van der Waals surface area contributed by atoms with Gasteiger partial charge >= 0.3 is 6.03 Å². The topological polar surface area (TPSA) is 84.9 Å². The average molecular weight is 453 g/mol. The molecule has 1 aliphatic rings. The number of hydrogen-bond acceptors (Lipinski definition) is 5. The Morgan fingerprint density at radius 2 is 1.91 bits per heavy atom. The quantitative estimate of drug-likeness (QED) is 0.366. The molecule has 0 saturated carbocycles. The molecule has 0 radical (unpaired) electrons. The SMILES string of the molecule is C=CCOc1c(CC=C)cc(/C=C2\C(=O)NC(=O)N(c3cccc(Cl)c3)C2=O)cc1OC. The molecule has 1 aliphatic heterocycles. The number of halogens is 1. The number of amides is 4. The van der Waals surface area contributed by atoms with Crippen molar-refractivity contribution in [1.82, 2.24) is 5.32 Å². The normalized spacial score (nSPS) is 14.9. The first-order valence-electron chi connectivity index (χ1n) is 9.62. The van der Waals surface area contributed by atoms with Crippen LogP contribution in [0.5, 0.6) is 11.5 Å². The predicted molar refractivity (Wildman–Crippen MR) is 123 cm³/mol. The molecule has 0 bridgehead atoms. The summed E-state index contributed by atoms with van der Waals surface area (Å²) >= 11 is 5.99. The number of nitrogens with zero attached hydrogens (tertiary/aromatic N) is 1. The molecule has 1 heterocycles. The van der Waals surface area contributed by atoms with Crippen molar-refractivity contribution in [2.24, 2.45) is 0 Å². The van der Waals surface area contributed by atoms with Crippen LogP contribution in [0.2, 0.25) is 5.02 Å². The molecule has 1 N–H and O–H groups in total. The smallest absolute Gasteiger partial charge is 0.335 e. The molecule has 7 nitrogen and oxygen atoms in total. The van der Waals surface area contributed by atoms with Crippen molar-refractivity contribution < 1.29 is 23.9 Å². The number of anilines is 1. The second kappa shape index (κ2) is 9.98. The third-order valence-corrected chi connectivity index (χ3v) is 4.80. The Morgan fingerprint density at radius 1 is 1.12 bits per heavy atom. The molecular weight excluding hydrogens is 432 g/mol. The Kier molecular flexibility index (Phi) is 7.12. The Bertz CT molecular complexity index is 1140. The van der Waals surface area contributed by atoms with Gasteiger partial charge in [-0.2, -0.15) is 0 Å². The highest BCUT2D eigenvalue weighted by Gasteiger charge is 2.37. The van der Waals surface area contributed by atoms with Gasteiger partial charge in [-0.15, -0.1) is 6.58 Å². The molecule has 2 aromatic carbocycles. The van der Waals surface area contributed by atoms with Gasteiger partial charge in [0.2, 0.25) is 0 Å². The van der Waals surface area contributed by atoms with E-state index in [0.717, 1.165) is 10.5 Å². The van der Waals surface area contributed by atoms with E-state index in [1.807, 2.05) is 0 Å². The zero-order valence-electron chi connectivity index (χ0n) is 17.4. The lowest BCUT2D eigenvalue weighted by Gasteiger charge is -2.26. The summed E-state index contributed by atoms with van der Waals surface area (Å²) in [5.41, 5.74) is 1.30. The van der Waals surface area contributed by atoms with Crippen molar-refractivity contribution in [2.45, 2.75) is 6.42 Å². The number of hydrogen-bond donors (Lipinski definition) is 1. The summed E-state index contributed by atoms with van der Waals surface area (Å²) < 4.78 is 11.2. The molecule has 0 atom stereocenters. The van der Waals surface area contributed by atoms with Gasteiger partial charge in [-0.3, -0.25) is 14.9 Å². The number of imide groups is 2. The van der Waals surface area contributed by atoms with E-state index in [9.17, 15) is 14.4 Å². The van der Waals surface area contributed by atoms with Gasteiger partial charge in [-0.25, -0.2) is 9.69 Å². The lowest BCUT2D eigenvalue weighted by molar-refractivity contribution is -0.122. The first-order chi connectivity index (χ1) is 15.4. The molecule has 1 fully saturated rings. The van der Waals surface area contributed by atoms with Crippen molar-refractivity contribution in [3.63, 3.8) is 0 Å². The number of nitrogens with one attached hydrogen (secondary N) is 1. The van der Waals surface area contributed by atoms with Gasteiger partial charge in [0.05, 0.1) is 12.8 Å². The van der Waals surface area contributed by atoms with Gasteiger partial charge in [0.1, 0.15) is 12.2 Å².